The molecule has 0 unspecified atom stereocenters. The van der Waals surface area contributed by atoms with Crippen LogP contribution in [0.15, 0.2) is 0 Å². The van der Waals surface area contributed by atoms with Crippen LogP contribution >= 0.6 is 0 Å². The van der Waals surface area contributed by atoms with Crippen LogP contribution < -0.4 is 5.73 Å². The lowest BCUT2D eigenvalue weighted by molar-refractivity contribution is 1.31. The van der Waals surface area contributed by atoms with Crippen LogP contribution in [-0.2, 0) is 0 Å². The molecular weight excluding hydrogens is 78.1 g/mol. The summed E-state index contributed by atoms with van der Waals surface area (Å²) in [7, 11) is 0. The molecule has 0 saturated carbocycles. The molecule has 0 atom stereocenters. The van der Waals surface area contributed by atoms with Gasteiger partial charge in [-0.05, 0) is 0 Å². The fourth-order valence-corrected chi connectivity index (χ4v) is 0.0852. The Morgan fingerprint density at radius 2 is 2.50 bits per heavy atom. The molecule has 0 aliphatic rings. The van der Waals surface area contributed by atoms with E-state index in [1.165, 1.54) is 0 Å². The molecule has 0 radical (unpaired) electrons. The Morgan fingerprint density at radius 1 is 2.00 bits per heavy atom. The summed E-state index contributed by atoms with van der Waals surface area (Å²) in [5.74, 6) is -0.0718. The van der Waals surface area contributed by atoms with Crippen molar-refractivity contribution in [2.45, 2.75) is 6.42 Å². The zero-order valence-corrected chi connectivity index (χ0v) is 3.23. The molecule has 0 heterocycles. The van der Waals surface area contributed by atoms with Crippen LogP contribution in [0.2, 0.25) is 0 Å². The van der Waals surface area contributed by atoms with E-state index in [0.29, 0.717) is 0 Å². The third-order valence-corrected chi connectivity index (χ3v) is 0.270. The molecule has 3 heteroatoms. The standard InChI is InChI=1S/C3H5N3/c4-2-1-3(5)6/h1H2,(H3,5,6). The van der Waals surface area contributed by atoms with Gasteiger partial charge in [0.05, 0.1) is 12.5 Å². The quantitative estimate of drug-likeness (QED) is 0.341. The average Bonchev–Trinajstić information content (AvgIpc) is 1.35. The topological polar surface area (TPSA) is 73.7 Å². The SMILES string of the molecule is N#CCC(=N)N. The van der Waals surface area contributed by atoms with Gasteiger partial charge in [0.1, 0.15) is 5.84 Å². The predicted octanol–water partition coefficient (Wildman–Crippen LogP) is -0.164. The number of amidine groups is 1. The monoisotopic (exact) mass is 83.0 g/mol. The third-order valence-electron chi connectivity index (χ3n) is 0.270. The van der Waals surface area contributed by atoms with Crippen LogP contribution in [0.1, 0.15) is 6.42 Å². The Morgan fingerprint density at radius 3 is 2.50 bits per heavy atom. The van der Waals surface area contributed by atoms with E-state index in [4.69, 9.17) is 16.4 Å². The highest BCUT2D eigenvalue weighted by atomic mass is 14.7. The molecule has 0 aromatic rings. The van der Waals surface area contributed by atoms with Crippen LogP contribution in [0, 0.1) is 16.7 Å². The smallest absolute Gasteiger partial charge is 0.105 e. The second-order valence-corrected chi connectivity index (χ2v) is 0.860. The van der Waals surface area contributed by atoms with Gasteiger partial charge in [-0.15, -0.1) is 0 Å². The number of rotatable bonds is 1. The average molecular weight is 83.1 g/mol. The summed E-state index contributed by atoms with van der Waals surface area (Å²) in [5, 5.41) is 14.2. The second-order valence-electron chi connectivity index (χ2n) is 0.860. The summed E-state index contributed by atoms with van der Waals surface area (Å²) >= 11 is 0. The molecular formula is C3H5N3. The lowest BCUT2D eigenvalue weighted by atomic mass is 10.5. The van der Waals surface area contributed by atoms with Crippen molar-refractivity contribution in [3.8, 4) is 6.07 Å². The molecule has 0 spiro atoms. The van der Waals surface area contributed by atoms with Gasteiger partial charge in [-0.1, -0.05) is 0 Å². The molecule has 0 rings (SSSR count). The van der Waals surface area contributed by atoms with Crippen LogP contribution in [-0.4, -0.2) is 5.84 Å². The Hall–Kier alpha value is -1.04. The highest BCUT2D eigenvalue weighted by molar-refractivity contribution is 5.78. The summed E-state index contributed by atoms with van der Waals surface area (Å²) in [6, 6.07) is 1.72. The summed E-state index contributed by atoms with van der Waals surface area (Å²) in [5.41, 5.74) is 4.76. The fraction of sp³-hybridized carbons (Fsp3) is 0.333. The number of nitrogens with one attached hydrogen (secondary N) is 1. The van der Waals surface area contributed by atoms with Crippen molar-refractivity contribution in [2.75, 3.05) is 0 Å². The number of hydrogen-bond acceptors (Lipinski definition) is 2. The van der Waals surface area contributed by atoms with E-state index in [1.807, 2.05) is 0 Å². The largest absolute Gasteiger partial charge is 0.387 e. The summed E-state index contributed by atoms with van der Waals surface area (Å²) in [6.07, 6.45) is 0.0417. The molecule has 32 valence electrons. The molecule has 0 bridgehead atoms. The Balaban J connectivity index is 3.13. The van der Waals surface area contributed by atoms with Crippen molar-refractivity contribution in [2.24, 2.45) is 5.73 Å². The maximum Gasteiger partial charge on any atom is 0.105 e. The van der Waals surface area contributed by atoms with E-state index in [0.717, 1.165) is 0 Å². The number of nitrogens with two attached hydrogens (primary N) is 1. The maximum absolute atomic E-state index is 7.77. The van der Waals surface area contributed by atoms with Gasteiger partial charge in [0.15, 0.2) is 0 Å². The van der Waals surface area contributed by atoms with Crippen molar-refractivity contribution in [1.82, 2.24) is 0 Å². The number of hydrogen-bond donors (Lipinski definition) is 2. The number of nitrogens with zero attached hydrogens (tertiary/aromatic N) is 1. The van der Waals surface area contributed by atoms with Gasteiger partial charge in [-0.2, -0.15) is 5.26 Å². The molecule has 0 aromatic heterocycles. The van der Waals surface area contributed by atoms with E-state index >= 15 is 0 Å². The lowest BCUT2D eigenvalue weighted by Crippen LogP contribution is -2.06. The molecule has 3 nitrogen and oxygen atoms in total. The minimum atomic E-state index is -0.0718. The first-order valence-corrected chi connectivity index (χ1v) is 1.47. The molecule has 6 heavy (non-hydrogen) atoms. The highest BCUT2D eigenvalue weighted by Crippen LogP contribution is 1.65. The van der Waals surface area contributed by atoms with Crippen LogP contribution in [0.5, 0.6) is 0 Å². The molecule has 3 N–H and O–H groups in total. The molecule has 0 amide bonds. The Kier molecular flexibility index (Phi) is 1.83. The zero-order chi connectivity index (χ0) is 4.99. The van der Waals surface area contributed by atoms with Gasteiger partial charge in [0, 0.05) is 0 Å². The van der Waals surface area contributed by atoms with Crippen LogP contribution in [0.3, 0.4) is 0 Å². The fourth-order valence-electron chi connectivity index (χ4n) is 0.0852. The van der Waals surface area contributed by atoms with E-state index in [-0.39, 0.29) is 12.3 Å². The van der Waals surface area contributed by atoms with Crippen LogP contribution in [0.4, 0.5) is 0 Å². The first-order chi connectivity index (χ1) is 2.77. The van der Waals surface area contributed by atoms with Crippen molar-refractivity contribution >= 4 is 5.84 Å². The van der Waals surface area contributed by atoms with Gasteiger partial charge >= 0.3 is 0 Å². The van der Waals surface area contributed by atoms with Crippen molar-refractivity contribution < 1.29 is 0 Å². The van der Waals surface area contributed by atoms with E-state index in [9.17, 15) is 0 Å². The van der Waals surface area contributed by atoms with Crippen LogP contribution in [0.25, 0.3) is 0 Å². The molecule has 0 saturated heterocycles. The van der Waals surface area contributed by atoms with Gasteiger partial charge in [0.2, 0.25) is 0 Å². The number of nitriles is 1. The van der Waals surface area contributed by atoms with Gasteiger partial charge in [-0.3, -0.25) is 5.41 Å². The van der Waals surface area contributed by atoms with Gasteiger partial charge < -0.3 is 5.73 Å². The maximum atomic E-state index is 7.77. The molecule has 0 fully saturated rings. The minimum Gasteiger partial charge on any atom is -0.387 e. The summed E-state index contributed by atoms with van der Waals surface area (Å²) < 4.78 is 0. The summed E-state index contributed by atoms with van der Waals surface area (Å²) in [4.78, 5) is 0. The van der Waals surface area contributed by atoms with Crippen molar-refractivity contribution in [1.29, 1.82) is 10.7 Å². The highest BCUT2D eigenvalue weighted by Gasteiger charge is 1.78. The molecule has 0 aliphatic heterocycles. The second kappa shape index (κ2) is 2.21. The Bertz CT molecular complexity index is 88.7. The predicted molar refractivity (Wildman–Crippen MR) is 22.1 cm³/mol. The summed E-state index contributed by atoms with van der Waals surface area (Å²) in [6.45, 7) is 0. The van der Waals surface area contributed by atoms with Gasteiger partial charge in [-0.25, -0.2) is 0 Å². The first kappa shape index (κ1) is 4.96. The zero-order valence-electron chi connectivity index (χ0n) is 3.23. The lowest BCUT2D eigenvalue weighted by Gasteiger charge is -1.76. The van der Waals surface area contributed by atoms with E-state index in [1.54, 1.807) is 6.07 Å². The van der Waals surface area contributed by atoms with E-state index < -0.39 is 0 Å². The van der Waals surface area contributed by atoms with Crippen molar-refractivity contribution in [3.63, 3.8) is 0 Å². The first-order valence-electron chi connectivity index (χ1n) is 1.47. The normalized spacial score (nSPS) is 6.50. The van der Waals surface area contributed by atoms with E-state index in [2.05, 4.69) is 0 Å². The minimum absolute atomic E-state index is 0.0417. The van der Waals surface area contributed by atoms with Crippen molar-refractivity contribution in [3.05, 3.63) is 0 Å². The Labute approximate surface area is 35.9 Å². The third kappa shape index (κ3) is 2.96. The molecule has 0 aliphatic carbocycles. The van der Waals surface area contributed by atoms with Gasteiger partial charge in [0.25, 0.3) is 0 Å². The molecule has 0 aromatic carbocycles.